The smallest absolute Gasteiger partial charge is 0.124 e. The van der Waals surface area contributed by atoms with Crippen LogP contribution in [0.1, 0.15) is 42.5 Å². The fourth-order valence-corrected chi connectivity index (χ4v) is 2.49. The maximum Gasteiger partial charge on any atom is 0.124 e. The van der Waals surface area contributed by atoms with Crippen molar-refractivity contribution in [3.63, 3.8) is 0 Å². The normalized spacial score (nSPS) is 12.4. The molecule has 2 N–H and O–H groups in total. The SMILES string of the molecule is CCCCc1ccc(C(N)c2ccc(F)cc2Cl)cc1. The molecule has 0 aliphatic heterocycles. The standard InChI is InChI=1S/C17H19ClFN/c1-2-3-4-12-5-7-13(8-6-12)17(20)15-10-9-14(19)11-16(15)18/h5-11,17H,2-4,20H2,1H3. The van der Waals surface area contributed by atoms with E-state index >= 15 is 0 Å². The highest BCUT2D eigenvalue weighted by Crippen LogP contribution is 2.27. The molecule has 3 heteroatoms. The van der Waals surface area contributed by atoms with Gasteiger partial charge in [-0.2, -0.15) is 0 Å². The first-order chi connectivity index (χ1) is 9.61. The number of hydrogen-bond acceptors (Lipinski definition) is 1. The Morgan fingerprint density at radius 2 is 1.85 bits per heavy atom. The highest BCUT2D eigenvalue weighted by Gasteiger charge is 2.13. The van der Waals surface area contributed by atoms with Gasteiger partial charge in [0.05, 0.1) is 6.04 Å². The molecule has 2 aromatic rings. The van der Waals surface area contributed by atoms with Gasteiger partial charge in [0.25, 0.3) is 0 Å². The summed E-state index contributed by atoms with van der Waals surface area (Å²) >= 11 is 6.05. The number of aryl methyl sites for hydroxylation is 1. The number of hydrogen-bond donors (Lipinski definition) is 1. The molecule has 2 rings (SSSR count). The molecule has 0 fully saturated rings. The third-order valence-corrected chi connectivity index (χ3v) is 3.78. The second kappa shape index (κ2) is 6.87. The van der Waals surface area contributed by atoms with Crippen molar-refractivity contribution in [1.29, 1.82) is 0 Å². The molecular formula is C17H19ClFN. The third kappa shape index (κ3) is 3.59. The largest absolute Gasteiger partial charge is 0.320 e. The summed E-state index contributed by atoms with van der Waals surface area (Å²) in [5.41, 5.74) is 9.25. The van der Waals surface area contributed by atoms with E-state index in [1.54, 1.807) is 6.07 Å². The maximum absolute atomic E-state index is 13.1. The highest BCUT2D eigenvalue weighted by molar-refractivity contribution is 6.31. The van der Waals surface area contributed by atoms with Gasteiger partial charge in [-0.15, -0.1) is 0 Å². The van der Waals surface area contributed by atoms with Crippen LogP contribution in [0.5, 0.6) is 0 Å². The van der Waals surface area contributed by atoms with Gasteiger partial charge in [0.2, 0.25) is 0 Å². The van der Waals surface area contributed by atoms with Crippen LogP contribution in [0.3, 0.4) is 0 Å². The lowest BCUT2D eigenvalue weighted by molar-refractivity contribution is 0.626. The van der Waals surface area contributed by atoms with E-state index in [-0.39, 0.29) is 11.9 Å². The van der Waals surface area contributed by atoms with E-state index in [0.29, 0.717) is 5.02 Å². The molecule has 0 heterocycles. The Morgan fingerprint density at radius 3 is 2.45 bits per heavy atom. The van der Waals surface area contributed by atoms with Crippen LogP contribution >= 0.6 is 11.6 Å². The summed E-state index contributed by atoms with van der Waals surface area (Å²) in [7, 11) is 0. The van der Waals surface area contributed by atoms with Gasteiger partial charge in [0.1, 0.15) is 5.82 Å². The van der Waals surface area contributed by atoms with Crippen molar-refractivity contribution in [2.75, 3.05) is 0 Å². The number of benzene rings is 2. The van der Waals surface area contributed by atoms with Crippen molar-refractivity contribution in [2.45, 2.75) is 32.2 Å². The second-order valence-electron chi connectivity index (χ2n) is 4.99. The Morgan fingerprint density at radius 1 is 1.15 bits per heavy atom. The summed E-state index contributed by atoms with van der Waals surface area (Å²) in [4.78, 5) is 0. The fourth-order valence-electron chi connectivity index (χ4n) is 2.21. The summed E-state index contributed by atoms with van der Waals surface area (Å²) in [6, 6.07) is 12.2. The van der Waals surface area contributed by atoms with Crippen molar-refractivity contribution in [2.24, 2.45) is 5.73 Å². The summed E-state index contributed by atoms with van der Waals surface area (Å²) in [5, 5.41) is 0.368. The van der Waals surface area contributed by atoms with Crippen LogP contribution in [0.2, 0.25) is 5.02 Å². The van der Waals surface area contributed by atoms with Gasteiger partial charge in [0.15, 0.2) is 0 Å². The van der Waals surface area contributed by atoms with E-state index in [9.17, 15) is 4.39 Å². The molecule has 2 aromatic carbocycles. The topological polar surface area (TPSA) is 26.0 Å². The molecular weight excluding hydrogens is 273 g/mol. The van der Waals surface area contributed by atoms with Crippen LogP contribution in [0.4, 0.5) is 4.39 Å². The molecule has 0 aromatic heterocycles. The van der Waals surface area contributed by atoms with E-state index in [0.717, 1.165) is 17.5 Å². The van der Waals surface area contributed by atoms with Crippen LogP contribution in [-0.4, -0.2) is 0 Å². The summed E-state index contributed by atoms with van der Waals surface area (Å²) in [5.74, 6) is -0.346. The zero-order chi connectivity index (χ0) is 14.5. The minimum Gasteiger partial charge on any atom is -0.320 e. The zero-order valence-electron chi connectivity index (χ0n) is 11.6. The van der Waals surface area contributed by atoms with Crippen molar-refractivity contribution in [3.8, 4) is 0 Å². The number of halogens is 2. The Balaban J connectivity index is 2.18. The zero-order valence-corrected chi connectivity index (χ0v) is 12.3. The van der Waals surface area contributed by atoms with Crippen LogP contribution in [0.25, 0.3) is 0 Å². The molecule has 0 saturated heterocycles. The Bertz CT molecular complexity index is 566. The summed E-state index contributed by atoms with van der Waals surface area (Å²) < 4.78 is 13.1. The minimum absolute atomic E-state index is 0.330. The van der Waals surface area contributed by atoms with Crippen molar-refractivity contribution < 1.29 is 4.39 Å². The molecule has 20 heavy (non-hydrogen) atoms. The van der Waals surface area contributed by atoms with Crippen molar-refractivity contribution in [3.05, 3.63) is 70.0 Å². The van der Waals surface area contributed by atoms with Crippen LogP contribution in [-0.2, 0) is 6.42 Å². The fraction of sp³-hybridized carbons (Fsp3) is 0.294. The van der Waals surface area contributed by atoms with Gasteiger partial charge in [0, 0.05) is 5.02 Å². The highest BCUT2D eigenvalue weighted by atomic mass is 35.5. The average molecular weight is 292 g/mol. The molecule has 0 aliphatic rings. The van der Waals surface area contributed by atoms with Crippen molar-refractivity contribution in [1.82, 2.24) is 0 Å². The van der Waals surface area contributed by atoms with Crippen LogP contribution in [0, 0.1) is 5.82 Å². The van der Waals surface area contributed by atoms with E-state index in [1.807, 2.05) is 12.1 Å². The molecule has 0 spiro atoms. The van der Waals surface area contributed by atoms with Crippen LogP contribution < -0.4 is 5.73 Å². The maximum atomic E-state index is 13.1. The summed E-state index contributed by atoms with van der Waals surface area (Å²) in [6.07, 6.45) is 3.46. The Hall–Kier alpha value is -1.38. The average Bonchev–Trinajstić information content (AvgIpc) is 2.45. The van der Waals surface area contributed by atoms with Gasteiger partial charge >= 0.3 is 0 Å². The van der Waals surface area contributed by atoms with Gasteiger partial charge in [-0.05, 0) is 41.7 Å². The predicted molar refractivity (Wildman–Crippen MR) is 82.5 cm³/mol. The molecule has 0 bridgehead atoms. The molecule has 0 amide bonds. The minimum atomic E-state index is -0.346. The molecule has 0 radical (unpaired) electrons. The molecule has 1 nitrogen and oxygen atoms in total. The van der Waals surface area contributed by atoms with Gasteiger partial charge in [-0.3, -0.25) is 0 Å². The Kier molecular flexibility index (Phi) is 5.16. The lowest BCUT2D eigenvalue weighted by Gasteiger charge is -2.15. The third-order valence-electron chi connectivity index (χ3n) is 3.46. The van der Waals surface area contributed by atoms with Gasteiger partial charge in [-0.1, -0.05) is 55.3 Å². The van der Waals surface area contributed by atoms with Crippen molar-refractivity contribution >= 4 is 11.6 Å². The number of unbranched alkanes of at least 4 members (excludes halogenated alkanes) is 1. The first-order valence-corrected chi connectivity index (χ1v) is 7.29. The summed E-state index contributed by atoms with van der Waals surface area (Å²) in [6.45, 7) is 2.18. The number of rotatable bonds is 5. The lowest BCUT2D eigenvalue weighted by atomic mass is 9.97. The van der Waals surface area contributed by atoms with E-state index < -0.39 is 0 Å². The second-order valence-corrected chi connectivity index (χ2v) is 5.40. The lowest BCUT2D eigenvalue weighted by Crippen LogP contribution is -2.12. The Labute approximate surface area is 124 Å². The van der Waals surface area contributed by atoms with Crippen LogP contribution in [0.15, 0.2) is 42.5 Å². The predicted octanol–water partition coefficient (Wildman–Crippen LogP) is 4.87. The first kappa shape index (κ1) is 15.0. The molecule has 0 aliphatic carbocycles. The molecule has 1 unspecified atom stereocenters. The quantitative estimate of drug-likeness (QED) is 0.835. The van der Waals surface area contributed by atoms with E-state index in [1.165, 1.54) is 30.5 Å². The molecule has 0 saturated carbocycles. The monoisotopic (exact) mass is 291 g/mol. The van der Waals surface area contributed by atoms with E-state index in [2.05, 4.69) is 19.1 Å². The first-order valence-electron chi connectivity index (χ1n) is 6.91. The van der Waals surface area contributed by atoms with E-state index in [4.69, 9.17) is 17.3 Å². The molecule has 106 valence electrons. The van der Waals surface area contributed by atoms with Gasteiger partial charge in [-0.25, -0.2) is 4.39 Å². The van der Waals surface area contributed by atoms with Gasteiger partial charge < -0.3 is 5.73 Å². The molecule has 1 atom stereocenters. The number of nitrogens with two attached hydrogens (primary N) is 1.